The number of aromatic amines is 1. The van der Waals surface area contributed by atoms with Crippen molar-refractivity contribution in [3.63, 3.8) is 0 Å². The van der Waals surface area contributed by atoms with Crippen molar-refractivity contribution in [2.45, 2.75) is 32.7 Å². The third-order valence-corrected chi connectivity index (χ3v) is 4.65. The highest BCUT2D eigenvalue weighted by atomic mass is 35.5. The molecule has 3 rings (SSSR count). The normalized spacial score (nSPS) is 12.0. The number of benzene rings is 2. The molecule has 0 aliphatic rings. The number of nitrogens with one attached hydrogen (secondary N) is 2. The number of rotatable bonds is 7. The second kappa shape index (κ2) is 8.19. The quantitative estimate of drug-likeness (QED) is 0.538. The third-order valence-electron chi connectivity index (χ3n) is 4.36. The van der Waals surface area contributed by atoms with E-state index in [0.29, 0.717) is 11.6 Å². The zero-order chi connectivity index (χ0) is 18.5. The van der Waals surface area contributed by atoms with E-state index in [9.17, 15) is 4.79 Å². The van der Waals surface area contributed by atoms with Crippen LogP contribution in [0.3, 0.4) is 0 Å². The number of Topliss-reactive ketones (excluding diaryl/α,β-unsaturated/α-hetero) is 1. The van der Waals surface area contributed by atoms with Crippen molar-refractivity contribution < 1.29 is 4.79 Å². The van der Waals surface area contributed by atoms with Gasteiger partial charge in [0.05, 0.1) is 6.04 Å². The number of H-pyrrole nitrogens is 1. The maximum Gasteiger partial charge on any atom is 0.162 e. The summed E-state index contributed by atoms with van der Waals surface area (Å²) in [5.74, 6) is 0.174. The first-order chi connectivity index (χ1) is 12.6. The molecule has 0 aliphatic carbocycles. The fraction of sp³-hybridized carbons (Fsp3) is 0.238. The van der Waals surface area contributed by atoms with Gasteiger partial charge in [0.25, 0.3) is 0 Å². The number of aromatic nitrogens is 2. The van der Waals surface area contributed by atoms with Gasteiger partial charge in [-0.1, -0.05) is 48.9 Å². The summed E-state index contributed by atoms with van der Waals surface area (Å²) in [5.41, 5.74) is 4.59. The fourth-order valence-corrected chi connectivity index (χ4v) is 3.29. The van der Waals surface area contributed by atoms with Crippen molar-refractivity contribution in [3.05, 3.63) is 82.1 Å². The van der Waals surface area contributed by atoms with E-state index in [2.05, 4.69) is 27.6 Å². The van der Waals surface area contributed by atoms with E-state index >= 15 is 0 Å². The molecule has 0 radical (unpaired) electrons. The molecule has 3 aromatic rings. The number of hydrogen-bond acceptors (Lipinski definition) is 3. The van der Waals surface area contributed by atoms with Gasteiger partial charge in [-0.3, -0.25) is 9.89 Å². The smallest absolute Gasteiger partial charge is 0.162 e. The first-order valence-electron chi connectivity index (χ1n) is 8.75. The highest BCUT2D eigenvalue weighted by Crippen LogP contribution is 2.32. The van der Waals surface area contributed by atoms with Crippen LogP contribution >= 0.6 is 11.6 Å². The first kappa shape index (κ1) is 18.2. The van der Waals surface area contributed by atoms with E-state index in [1.807, 2.05) is 56.3 Å². The van der Waals surface area contributed by atoms with Crippen LogP contribution in [-0.2, 0) is 0 Å². The van der Waals surface area contributed by atoms with Gasteiger partial charge in [0, 0.05) is 28.9 Å². The highest BCUT2D eigenvalue weighted by molar-refractivity contribution is 6.30. The summed E-state index contributed by atoms with van der Waals surface area (Å²) in [6.07, 6.45) is 1.43. The van der Waals surface area contributed by atoms with Crippen LogP contribution in [0, 0.1) is 6.92 Å². The Morgan fingerprint density at radius 1 is 1.15 bits per heavy atom. The molecular formula is C21H22ClN3O. The van der Waals surface area contributed by atoms with Gasteiger partial charge >= 0.3 is 0 Å². The second-order valence-electron chi connectivity index (χ2n) is 6.29. The summed E-state index contributed by atoms with van der Waals surface area (Å²) in [6, 6.07) is 17.6. The van der Waals surface area contributed by atoms with Gasteiger partial charge < -0.3 is 5.32 Å². The molecule has 0 aliphatic heterocycles. The van der Waals surface area contributed by atoms with Crippen molar-refractivity contribution in [1.29, 1.82) is 0 Å². The van der Waals surface area contributed by atoms with Crippen molar-refractivity contribution in [2.24, 2.45) is 0 Å². The molecule has 1 atom stereocenters. The minimum absolute atomic E-state index is 0.139. The fourth-order valence-electron chi connectivity index (χ4n) is 3.00. The molecule has 0 amide bonds. The molecule has 26 heavy (non-hydrogen) atoms. The van der Waals surface area contributed by atoms with Crippen molar-refractivity contribution >= 4 is 23.1 Å². The molecule has 2 N–H and O–H groups in total. The van der Waals surface area contributed by atoms with Crippen LogP contribution < -0.4 is 5.32 Å². The van der Waals surface area contributed by atoms with E-state index in [4.69, 9.17) is 11.6 Å². The van der Waals surface area contributed by atoms with Crippen molar-refractivity contribution in [1.82, 2.24) is 10.2 Å². The lowest BCUT2D eigenvalue weighted by molar-refractivity contribution is 0.0982. The molecule has 1 unspecified atom stereocenters. The highest BCUT2D eigenvalue weighted by Gasteiger charge is 2.21. The van der Waals surface area contributed by atoms with Crippen LogP contribution in [-0.4, -0.2) is 16.0 Å². The molecule has 1 heterocycles. The third kappa shape index (κ3) is 3.97. The maximum absolute atomic E-state index is 12.0. The Kier molecular flexibility index (Phi) is 5.74. The number of nitrogens with zero attached hydrogens (tertiary/aromatic N) is 1. The van der Waals surface area contributed by atoms with Gasteiger partial charge in [-0.25, -0.2) is 0 Å². The molecule has 0 spiro atoms. The molecule has 0 saturated heterocycles. The van der Waals surface area contributed by atoms with Crippen LogP contribution in [0.25, 0.3) is 0 Å². The summed E-state index contributed by atoms with van der Waals surface area (Å²) in [6.45, 7) is 3.97. The molecule has 5 heteroatoms. The summed E-state index contributed by atoms with van der Waals surface area (Å²) in [7, 11) is 0. The molecule has 0 bridgehead atoms. The Bertz CT molecular complexity index is 853. The Labute approximate surface area is 158 Å². The van der Waals surface area contributed by atoms with Crippen LogP contribution in [0.15, 0.2) is 54.6 Å². The van der Waals surface area contributed by atoms with E-state index in [-0.39, 0.29) is 11.8 Å². The van der Waals surface area contributed by atoms with Crippen LogP contribution in [0.4, 0.5) is 5.69 Å². The molecule has 134 valence electrons. The Morgan fingerprint density at radius 3 is 2.42 bits per heavy atom. The van der Waals surface area contributed by atoms with Gasteiger partial charge in [0.15, 0.2) is 10.9 Å². The summed E-state index contributed by atoms with van der Waals surface area (Å²) in [5, 5.41) is 11.0. The van der Waals surface area contributed by atoms with Gasteiger partial charge in [-0.05, 0) is 43.2 Å². The molecule has 0 saturated carbocycles. The SMILES string of the molecule is CCCC(=O)c1ccc(NC(c2ccccc2)c2c(Cl)n[nH]c2C)cc1. The average Bonchev–Trinajstić information content (AvgIpc) is 2.99. The Morgan fingerprint density at radius 2 is 1.85 bits per heavy atom. The van der Waals surface area contributed by atoms with Crippen molar-refractivity contribution in [3.8, 4) is 0 Å². The van der Waals surface area contributed by atoms with E-state index < -0.39 is 0 Å². The van der Waals surface area contributed by atoms with Gasteiger partial charge in [-0.15, -0.1) is 0 Å². The summed E-state index contributed by atoms with van der Waals surface area (Å²) in [4.78, 5) is 12.0. The minimum atomic E-state index is -0.139. The number of carbonyl (C=O) groups excluding carboxylic acids is 1. The number of halogens is 1. The average molecular weight is 368 g/mol. The molecule has 0 fully saturated rings. The maximum atomic E-state index is 12.0. The summed E-state index contributed by atoms with van der Waals surface area (Å²) < 4.78 is 0. The van der Waals surface area contributed by atoms with Crippen LogP contribution in [0.2, 0.25) is 5.15 Å². The number of carbonyl (C=O) groups is 1. The molecule has 4 nitrogen and oxygen atoms in total. The lowest BCUT2D eigenvalue weighted by Gasteiger charge is -2.21. The van der Waals surface area contributed by atoms with Crippen molar-refractivity contribution in [2.75, 3.05) is 5.32 Å². The van der Waals surface area contributed by atoms with Crippen LogP contribution in [0.5, 0.6) is 0 Å². The first-order valence-corrected chi connectivity index (χ1v) is 9.13. The summed E-state index contributed by atoms with van der Waals surface area (Å²) >= 11 is 6.33. The Hall–Kier alpha value is -2.59. The second-order valence-corrected chi connectivity index (χ2v) is 6.65. The topological polar surface area (TPSA) is 57.8 Å². The number of aryl methyl sites for hydroxylation is 1. The number of anilines is 1. The van der Waals surface area contributed by atoms with Crippen LogP contribution in [0.1, 0.15) is 53.0 Å². The van der Waals surface area contributed by atoms with Gasteiger partial charge in [0.1, 0.15) is 0 Å². The van der Waals surface area contributed by atoms with E-state index in [1.165, 1.54) is 0 Å². The largest absolute Gasteiger partial charge is 0.374 e. The zero-order valence-corrected chi connectivity index (χ0v) is 15.7. The minimum Gasteiger partial charge on any atom is -0.374 e. The molecule has 1 aromatic heterocycles. The lowest BCUT2D eigenvalue weighted by atomic mass is 9.98. The standard InChI is InChI=1S/C21H22ClN3O/c1-3-7-18(26)15-10-12-17(13-11-15)23-20(16-8-5-4-6-9-16)19-14(2)24-25-21(19)22/h4-6,8-13,20,23H,3,7H2,1-2H3,(H,24,25). The Balaban J connectivity index is 1.91. The van der Waals surface area contributed by atoms with E-state index in [0.717, 1.165) is 34.5 Å². The van der Waals surface area contributed by atoms with E-state index in [1.54, 1.807) is 0 Å². The number of hydrogen-bond donors (Lipinski definition) is 2. The number of ketones is 1. The molecule has 2 aromatic carbocycles. The predicted molar refractivity (Wildman–Crippen MR) is 106 cm³/mol. The zero-order valence-electron chi connectivity index (χ0n) is 14.9. The van der Waals surface area contributed by atoms with Gasteiger partial charge in [0.2, 0.25) is 0 Å². The van der Waals surface area contributed by atoms with Gasteiger partial charge in [-0.2, -0.15) is 5.10 Å². The lowest BCUT2D eigenvalue weighted by Crippen LogP contribution is -2.13. The monoisotopic (exact) mass is 367 g/mol. The molecular weight excluding hydrogens is 346 g/mol. The predicted octanol–water partition coefficient (Wildman–Crippen LogP) is 5.56.